The number of rotatable bonds is 3. The second-order valence-electron chi connectivity index (χ2n) is 6.36. The second kappa shape index (κ2) is 6.94. The molecule has 0 saturated heterocycles. The predicted octanol–water partition coefficient (Wildman–Crippen LogP) is 1.84. The zero-order valence-electron chi connectivity index (χ0n) is 15.0. The fourth-order valence-corrected chi connectivity index (χ4v) is 3.28. The lowest BCUT2D eigenvalue weighted by Crippen LogP contribution is -2.39. The Hall–Kier alpha value is -3.45. The lowest BCUT2D eigenvalue weighted by molar-refractivity contribution is -0.632. The van der Waals surface area contributed by atoms with E-state index in [0.29, 0.717) is 21.7 Å². The predicted molar refractivity (Wildman–Crippen MR) is 107 cm³/mol. The molecular formula is C20H17ClN5O2+. The van der Waals surface area contributed by atoms with Gasteiger partial charge in [-0.25, -0.2) is 4.57 Å². The van der Waals surface area contributed by atoms with Crippen LogP contribution in [0.25, 0.3) is 16.7 Å². The Morgan fingerprint density at radius 1 is 1.25 bits per heavy atom. The van der Waals surface area contributed by atoms with Crippen molar-refractivity contribution in [3.63, 3.8) is 0 Å². The molecule has 0 fully saturated rings. The number of pyridine rings is 2. The number of benzene rings is 1. The second-order valence-corrected chi connectivity index (χ2v) is 6.77. The lowest BCUT2D eigenvalue weighted by Gasteiger charge is -2.10. The fraction of sp³-hybridized carbons (Fsp3) is 0.100. The summed E-state index contributed by atoms with van der Waals surface area (Å²) < 4.78 is 2.98. The van der Waals surface area contributed by atoms with Gasteiger partial charge in [0.05, 0.1) is 7.05 Å². The van der Waals surface area contributed by atoms with Crippen molar-refractivity contribution < 1.29 is 9.36 Å². The number of amides is 1. The van der Waals surface area contributed by atoms with Crippen LogP contribution in [0.3, 0.4) is 0 Å². The summed E-state index contributed by atoms with van der Waals surface area (Å²) in [6.07, 6.45) is 1.64. The molecule has 0 aliphatic rings. The topological polar surface area (TPSA) is 93.4 Å². The first-order valence-electron chi connectivity index (χ1n) is 8.58. The number of nitrogens with zero attached hydrogens (tertiary/aromatic N) is 3. The molecule has 8 heteroatoms. The molecule has 7 nitrogen and oxygen atoms in total. The number of nitrogens with one attached hydrogen (secondary N) is 1. The Bertz CT molecular complexity index is 1300. The monoisotopic (exact) mass is 394 g/mol. The van der Waals surface area contributed by atoms with Gasteiger partial charge in [0, 0.05) is 17.8 Å². The van der Waals surface area contributed by atoms with E-state index >= 15 is 0 Å². The van der Waals surface area contributed by atoms with Crippen LogP contribution in [0.15, 0.2) is 59.5 Å². The van der Waals surface area contributed by atoms with Gasteiger partial charge in [-0.1, -0.05) is 40.9 Å². The molecular weight excluding hydrogens is 378 g/mol. The number of halogens is 1. The summed E-state index contributed by atoms with van der Waals surface area (Å²) >= 11 is 6.13. The van der Waals surface area contributed by atoms with Gasteiger partial charge in [-0.2, -0.15) is 0 Å². The highest BCUT2D eigenvalue weighted by Gasteiger charge is 2.22. The normalized spacial score (nSPS) is 11.1. The van der Waals surface area contributed by atoms with Crippen LogP contribution in [0, 0.1) is 0 Å². The number of hydrogen-bond donors (Lipinski definition) is 2. The van der Waals surface area contributed by atoms with E-state index < -0.39 is 5.91 Å². The van der Waals surface area contributed by atoms with Gasteiger partial charge >= 0.3 is 0 Å². The number of hydrogen-bond acceptors (Lipinski definition) is 4. The Balaban J connectivity index is 1.79. The summed E-state index contributed by atoms with van der Waals surface area (Å²) in [5, 5.41) is 3.67. The van der Waals surface area contributed by atoms with E-state index in [0.717, 1.165) is 5.56 Å². The third kappa shape index (κ3) is 2.95. The highest BCUT2D eigenvalue weighted by molar-refractivity contribution is 6.31. The van der Waals surface area contributed by atoms with Gasteiger partial charge in [0.2, 0.25) is 11.5 Å². The summed E-state index contributed by atoms with van der Waals surface area (Å²) in [5.74, 6) is -0.177. The number of carbonyl (C=O) groups excluding carboxylic acids is 1. The molecule has 0 unspecified atom stereocenters. The van der Waals surface area contributed by atoms with E-state index in [4.69, 9.17) is 17.3 Å². The molecule has 0 aliphatic carbocycles. The van der Waals surface area contributed by atoms with E-state index in [1.807, 2.05) is 18.2 Å². The Morgan fingerprint density at radius 2 is 2.00 bits per heavy atom. The van der Waals surface area contributed by atoms with Gasteiger partial charge in [-0.05, 0) is 29.8 Å². The van der Waals surface area contributed by atoms with Crippen molar-refractivity contribution in [1.29, 1.82) is 0 Å². The molecule has 1 aromatic carbocycles. The average molecular weight is 395 g/mol. The van der Waals surface area contributed by atoms with E-state index in [1.54, 1.807) is 42.1 Å². The minimum absolute atomic E-state index is 0.205. The smallest absolute Gasteiger partial charge is 0.278 e. The quantitative estimate of drug-likeness (QED) is 0.409. The summed E-state index contributed by atoms with van der Waals surface area (Å²) in [6.45, 7) is 0.245. The van der Waals surface area contributed by atoms with Crippen LogP contribution in [0.1, 0.15) is 15.9 Å². The largest absolute Gasteiger partial charge is 0.348 e. The van der Waals surface area contributed by atoms with Crippen molar-refractivity contribution in [3.05, 3.63) is 81.2 Å². The first-order valence-corrected chi connectivity index (χ1v) is 8.96. The number of nitrogens with two attached hydrogens (primary N) is 1. The third-order valence-electron chi connectivity index (χ3n) is 4.63. The SMILES string of the molecule is C[n+]1c(N)c(C(=O)NCc2ccccc2Cl)cc2c(=O)n3ccccc3nc21. The van der Waals surface area contributed by atoms with Crippen LogP contribution in [-0.2, 0) is 13.6 Å². The van der Waals surface area contributed by atoms with E-state index in [2.05, 4.69) is 10.3 Å². The average Bonchev–Trinajstić information content (AvgIpc) is 2.70. The minimum Gasteiger partial charge on any atom is -0.348 e. The molecule has 3 aromatic heterocycles. The molecule has 0 aliphatic heterocycles. The maximum absolute atomic E-state index is 12.9. The van der Waals surface area contributed by atoms with Crippen LogP contribution >= 0.6 is 11.6 Å². The first kappa shape index (κ1) is 17.9. The maximum Gasteiger partial charge on any atom is 0.278 e. The Morgan fingerprint density at radius 3 is 2.79 bits per heavy atom. The molecule has 0 atom stereocenters. The van der Waals surface area contributed by atoms with Gasteiger partial charge in [-0.3, -0.25) is 14.0 Å². The van der Waals surface area contributed by atoms with Crippen LogP contribution in [-0.4, -0.2) is 15.3 Å². The lowest BCUT2D eigenvalue weighted by atomic mass is 10.1. The summed E-state index contributed by atoms with van der Waals surface area (Å²) in [4.78, 5) is 30.1. The van der Waals surface area contributed by atoms with Crippen LogP contribution < -0.4 is 21.2 Å². The number of nitrogen functional groups attached to an aromatic ring is 1. The van der Waals surface area contributed by atoms with Gasteiger partial charge in [0.25, 0.3) is 17.1 Å². The van der Waals surface area contributed by atoms with Gasteiger partial charge in [-0.15, -0.1) is 0 Å². The third-order valence-corrected chi connectivity index (χ3v) is 5.00. The van der Waals surface area contributed by atoms with E-state index in [-0.39, 0.29) is 23.5 Å². The number of aryl methyl sites for hydroxylation is 1. The van der Waals surface area contributed by atoms with Gasteiger partial charge < -0.3 is 11.1 Å². The highest BCUT2D eigenvalue weighted by atomic mass is 35.5. The molecule has 4 aromatic rings. The molecule has 0 radical (unpaired) electrons. The Kier molecular flexibility index (Phi) is 4.44. The number of aromatic nitrogens is 3. The van der Waals surface area contributed by atoms with Gasteiger partial charge in [0.15, 0.2) is 0 Å². The van der Waals surface area contributed by atoms with Crippen LogP contribution in [0.4, 0.5) is 5.82 Å². The highest BCUT2D eigenvalue weighted by Crippen LogP contribution is 2.16. The molecule has 0 spiro atoms. The molecule has 4 rings (SSSR count). The van der Waals surface area contributed by atoms with E-state index in [9.17, 15) is 9.59 Å². The number of carbonyl (C=O) groups is 1. The van der Waals surface area contributed by atoms with Crippen molar-refractivity contribution in [1.82, 2.24) is 14.7 Å². The molecule has 0 bridgehead atoms. The first-order chi connectivity index (χ1) is 13.5. The summed E-state index contributed by atoms with van der Waals surface area (Å²) in [7, 11) is 1.67. The van der Waals surface area contributed by atoms with Crippen molar-refractivity contribution >= 4 is 40.0 Å². The number of fused-ring (bicyclic) bond motifs is 2. The van der Waals surface area contributed by atoms with Crippen molar-refractivity contribution in [2.24, 2.45) is 7.05 Å². The zero-order valence-corrected chi connectivity index (χ0v) is 15.8. The molecule has 3 heterocycles. The molecule has 3 N–H and O–H groups in total. The van der Waals surface area contributed by atoms with Crippen molar-refractivity contribution in [2.45, 2.75) is 6.54 Å². The van der Waals surface area contributed by atoms with Crippen molar-refractivity contribution in [3.8, 4) is 0 Å². The van der Waals surface area contributed by atoms with E-state index in [1.165, 1.54) is 10.5 Å². The molecule has 28 heavy (non-hydrogen) atoms. The number of anilines is 1. The van der Waals surface area contributed by atoms with Gasteiger partial charge in [0.1, 0.15) is 10.9 Å². The Labute approximate surface area is 165 Å². The molecule has 140 valence electrons. The van der Waals surface area contributed by atoms with Crippen LogP contribution in [0.5, 0.6) is 0 Å². The fourth-order valence-electron chi connectivity index (χ4n) is 3.08. The maximum atomic E-state index is 12.9. The van der Waals surface area contributed by atoms with Crippen molar-refractivity contribution in [2.75, 3.05) is 5.73 Å². The standard InChI is InChI=1S/C20H16ClN5O2/c1-25-17(22)13(19(27)23-11-12-6-2-3-7-15(12)21)10-14-18(25)24-16-8-4-5-9-26(16)20(14)28/h2-10,22H,11H2,1H3,(H,23,27)/p+1. The molecule has 1 amide bonds. The van der Waals surface area contributed by atoms with Crippen LogP contribution in [0.2, 0.25) is 5.02 Å². The summed E-state index contributed by atoms with van der Waals surface area (Å²) in [6, 6.07) is 14.0. The minimum atomic E-state index is -0.396. The summed E-state index contributed by atoms with van der Waals surface area (Å²) in [5.41, 5.74) is 7.81. The zero-order chi connectivity index (χ0) is 19.8. The molecule has 0 saturated carbocycles.